The zero-order valence-corrected chi connectivity index (χ0v) is 15.8. The van der Waals surface area contributed by atoms with Crippen LogP contribution in [0.25, 0.3) is 0 Å². The van der Waals surface area contributed by atoms with Gasteiger partial charge < -0.3 is 15.5 Å². The fourth-order valence-electron chi connectivity index (χ4n) is 3.20. The van der Waals surface area contributed by atoms with Crippen LogP contribution in [0.4, 0.5) is 0 Å². The van der Waals surface area contributed by atoms with Crippen molar-refractivity contribution < 1.29 is 14.4 Å². The van der Waals surface area contributed by atoms with Crippen molar-refractivity contribution in [3.63, 3.8) is 0 Å². The first-order valence-electron chi connectivity index (χ1n) is 9.36. The van der Waals surface area contributed by atoms with Crippen molar-refractivity contribution in [3.8, 4) is 0 Å². The first-order valence-corrected chi connectivity index (χ1v) is 9.36. The molecule has 2 rings (SSSR count). The van der Waals surface area contributed by atoms with Gasteiger partial charge in [0.2, 0.25) is 11.8 Å². The third-order valence-electron chi connectivity index (χ3n) is 4.49. The van der Waals surface area contributed by atoms with E-state index in [2.05, 4.69) is 10.6 Å². The van der Waals surface area contributed by atoms with Gasteiger partial charge in [-0.1, -0.05) is 23.6 Å². The summed E-state index contributed by atoms with van der Waals surface area (Å²) in [5, 5.41) is 5.43. The Bertz CT molecular complexity index is 637. The lowest BCUT2D eigenvalue weighted by molar-refractivity contribution is -0.130. The fraction of sp³-hybridized carbons (Fsp3) is 0.550. The van der Waals surface area contributed by atoms with Gasteiger partial charge in [-0.2, -0.15) is 0 Å². The molecule has 1 fully saturated rings. The van der Waals surface area contributed by atoms with Crippen molar-refractivity contribution in [1.82, 2.24) is 15.5 Å². The minimum absolute atomic E-state index is 0.0472. The zero-order valence-electron chi connectivity index (χ0n) is 15.8. The zero-order chi connectivity index (χ0) is 18.9. The van der Waals surface area contributed by atoms with Gasteiger partial charge in [-0.15, -0.1) is 0 Å². The standard InChI is InChI=1S/C20H29N3O3/c1-15-11-16(2)13-17(12-15)20(26)22-14-18(24)21-8-6-10-23-9-5-3-4-7-19(23)25/h11-13H,3-10,14H2,1-2H3,(H,21,24)(H,22,26). The Kier molecular flexibility index (Phi) is 7.63. The normalized spacial score (nSPS) is 14.7. The van der Waals surface area contributed by atoms with Crippen LogP contribution in [0.2, 0.25) is 0 Å². The number of carbonyl (C=O) groups is 3. The number of hydrogen-bond donors (Lipinski definition) is 2. The number of rotatable bonds is 7. The second-order valence-electron chi connectivity index (χ2n) is 6.95. The molecule has 26 heavy (non-hydrogen) atoms. The van der Waals surface area contributed by atoms with Gasteiger partial charge in [-0.05, 0) is 45.2 Å². The highest BCUT2D eigenvalue weighted by Gasteiger charge is 2.15. The minimum Gasteiger partial charge on any atom is -0.355 e. The van der Waals surface area contributed by atoms with E-state index in [9.17, 15) is 14.4 Å². The van der Waals surface area contributed by atoms with Crippen molar-refractivity contribution in [3.05, 3.63) is 34.9 Å². The van der Waals surface area contributed by atoms with Crippen LogP contribution in [-0.2, 0) is 9.59 Å². The van der Waals surface area contributed by atoms with Crippen molar-refractivity contribution >= 4 is 17.7 Å². The molecule has 6 heteroatoms. The van der Waals surface area contributed by atoms with Crippen LogP contribution >= 0.6 is 0 Å². The van der Waals surface area contributed by atoms with E-state index < -0.39 is 0 Å². The second kappa shape index (κ2) is 9.94. The highest BCUT2D eigenvalue weighted by molar-refractivity contribution is 5.96. The summed E-state index contributed by atoms with van der Waals surface area (Å²) in [5.41, 5.74) is 2.60. The first kappa shape index (κ1) is 19.9. The number of hydrogen-bond acceptors (Lipinski definition) is 3. The van der Waals surface area contributed by atoms with E-state index in [0.717, 1.165) is 43.4 Å². The summed E-state index contributed by atoms with van der Waals surface area (Å²) in [6, 6.07) is 5.61. The third-order valence-corrected chi connectivity index (χ3v) is 4.49. The van der Waals surface area contributed by atoms with Crippen LogP contribution in [0.15, 0.2) is 18.2 Å². The molecule has 0 radical (unpaired) electrons. The molecule has 0 spiro atoms. The average molecular weight is 359 g/mol. The van der Waals surface area contributed by atoms with Crippen molar-refractivity contribution in [2.75, 3.05) is 26.2 Å². The average Bonchev–Trinajstić information content (AvgIpc) is 2.80. The highest BCUT2D eigenvalue weighted by atomic mass is 16.2. The first-order chi connectivity index (χ1) is 12.5. The van der Waals surface area contributed by atoms with Crippen LogP contribution in [-0.4, -0.2) is 48.8 Å². The second-order valence-corrected chi connectivity index (χ2v) is 6.95. The SMILES string of the molecule is Cc1cc(C)cc(C(=O)NCC(=O)NCCCN2CCCCCC2=O)c1. The van der Waals surface area contributed by atoms with Gasteiger partial charge in [0.25, 0.3) is 5.91 Å². The van der Waals surface area contributed by atoms with Gasteiger partial charge in [-0.25, -0.2) is 0 Å². The van der Waals surface area contributed by atoms with Gasteiger partial charge in [0.15, 0.2) is 0 Å². The van der Waals surface area contributed by atoms with E-state index in [4.69, 9.17) is 0 Å². The molecule has 1 aromatic carbocycles. The van der Waals surface area contributed by atoms with Gasteiger partial charge in [0.1, 0.15) is 0 Å². The topological polar surface area (TPSA) is 78.5 Å². The number of amides is 3. The largest absolute Gasteiger partial charge is 0.355 e. The fourth-order valence-corrected chi connectivity index (χ4v) is 3.20. The Labute approximate surface area is 155 Å². The molecule has 0 aromatic heterocycles. The maximum Gasteiger partial charge on any atom is 0.251 e. The van der Waals surface area contributed by atoms with E-state index in [0.29, 0.717) is 25.1 Å². The van der Waals surface area contributed by atoms with Crippen LogP contribution < -0.4 is 10.6 Å². The molecule has 1 aliphatic rings. The number of benzene rings is 1. The molecule has 0 aliphatic carbocycles. The molecule has 0 unspecified atom stereocenters. The van der Waals surface area contributed by atoms with Crippen molar-refractivity contribution in [2.45, 2.75) is 46.0 Å². The van der Waals surface area contributed by atoms with Crippen molar-refractivity contribution in [1.29, 1.82) is 0 Å². The summed E-state index contributed by atoms with van der Waals surface area (Å²) in [6.07, 6.45) is 4.51. The van der Waals surface area contributed by atoms with Crippen molar-refractivity contribution in [2.24, 2.45) is 0 Å². The summed E-state index contributed by atoms with van der Waals surface area (Å²) in [4.78, 5) is 37.8. The van der Waals surface area contributed by atoms with Crippen LogP contribution in [0.3, 0.4) is 0 Å². The molecule has 6 nitrogen and oxygen atoms in total. The summed E-state index contributed by atoms with van der Waals surface area (Å²) in [7, 11) is 0. The highest BCUT2D eigenvalue weighted by Crippen LogP contribution is 2.11. The maximum absolute atomic E-state index is 12.1. The Morgan fingerprint density at radius 1 is 1.04 bits per heavy atom. The van der Waals surface area contributed by atoms with E-state index in [1.54, 1.807) is 12.1 Å². The smallest absolute Gasteiger partial charge is 0.251 e. The summed E-state index contributed by atoms with van der Waals surface area (Å²) >= 11 is 0. The number of nitrogens with one attached hydrogen (secondary N) is 2. The lowest BCUT2D eigenvalue weighted by atomic mass is 10.1. The Balaban J connectivity index is 1.65. The Hall–Kier alpha value is -2.37. The lowest BCUT2D eigenvalue weighted by Gasteiger charge is -2.20. The predicted molar refractivity (Wildman–Crippen MR) is 101 cm³/mol. The monoisotopic (exact) mass is 359 g/mol. The summed E-state index contributed by atoms with van der Waals surface area (Å²) < 4.78 is 0. The van der Waals surface area contributed by atoms with Gasteiger partial charge in [-0.3, -0.25) is 14.4 Å². The number of likely N-dealkylation sites (tertiary alicyclic amines) is 1. The molecule has 3 amide bonds. The van der Waals surface area contributed by atoms with E-state index in [1.165, 1.54) is 0 Å². The lowest BCUT2D eigenvalue weighted by Crippen LogP contribution is -2.38. The van der Waals surface area contributed by atoms with Gasteiger partial charge in [0.05, 0.1) is 6.54 Å². The molecular weight excluding hydrogens is 330 g/mol. The molecule has 2 N–H and O–H groups in total. The molecule has 0 bridgehead atoms. The number of aryl methyl sites for hydroxylation is 2. The molecule has 0 saturated carbocycles. The quantitative estimate of drug-likeness (QED) is 0.730. The van der Waals surface area contributed by atoms with Crippen LogP contribution in [0.1, 0.15) is 53.6 Å². The summed E-state index contributed by atoms with van der Waals surface area (Å²) in [6.45, 7) is 5.82. The van der Waals surface area contributed by atoms with Gasteiger partial charge in [0, 0.05) is 31.6 Å². The van der Waals surface area contributed by atoms with Gasteiger partial charge >= 0.3 is 0 Å². The predicted octanol–water partition coefficient (Wildman–Crippen LogP) is 1.94. The number of nitrogens with zero attached hydrogens (tertiary/aromatic N) is 1. The Morgan fingerprint density at radius 3 is 2.50 bits per heavy atom. The molecule has 142 valence electrons. The minimum atomic E-state index is -0.248. The molecule has 1 aromatic rings. The van der Waals surface area contributed by atoms with Crippen LogP contribution in [0, 0.1) is 13.8 Å². The molecular formula is C20H29N3O3. The molecule has 1 heterocycles. The third kappa shape index (κ3) is 6.50. The van der Waals surface area contributed by atoms with E-state index in [-0.39, 0.29) is 24.3 Å². The molecule has 0 atom stereocenters. The maximum atomic E-state index is 12.1. The van der Waals surface area contributed by atoms with E-state index in [1.807, 2.05) is 24.8 Å². The number of carbonyl (C=O) groups excluding carboxylic acids is 3. The summed E-state index contributed by atoms with van der Waals surface area (Å²) in [5.74, 6) is -0.249. The molecule has 1 aliphatic heterocycles. The Morgan fingerprint density at radius 2 is 1.77 bits per heavy atom. The molecule has 1 saturated heterocycles. The van der Waals surface area contributed by atoms with E-state index >= 15 is 0 Å². The van der Waals surface area contributed by atoms with Crippen LogP contribution in [0.5, 0.6) is 0 Å².